The van der Waals surface area contributed by atoms with Crippen molar-refractivity contribution >= 4 is 11.6 Å². The lowest BCUT2D eigenvalue weighted by molar-refractivity contribution is 0.0988. The molecule has 0 amide bonds. The summed E-state index contributed by atoms with van der Waals surface area (Å²) in [4.78, 5) is 27.8. The van der Waals surface area contributed by atoms with Crippen molar-refractivity contribution in [3.63, 3.8) is 0 Å². The minimum absolute atomic E-state index is 0.00873. The predicted molar refractivity (Wildman–Crippen MR) is 111 cm³/mol. The Morgan fingerprint density at radius 3 is 2.79 bits per heavy atom. The lowest BCUT2D eigenvalue weighted by Crippen LogP contribution is -2.27. The summed E-state index contributed by atoms with van der Waals surface area (Å²) >= 11 is 0. The van der Waals surface area contributed by atoms with Crippen LogP contribution in [0.1, 0.15) is 47.8 Å². The zero-order chi connectivity index (χ0) is 20.1. The van der Waals surface area contributed by atoms with Gasteiger partial charge in [0.25, 0.3) is 0 Å². The van der Waals surface area contributed by atoms with Gasteiger partial charge in [-0.25, -0.2) is 19.6 Å². The number of carbonyl (C=O) groups excluding carboxylic acids is 1. The van der Waals surface area contributed by atoms with E-state index >= 15 is 0 Å². The van der Waals surface area contributed by atoms with Crippen LogP contribution in [0, 0.1) is 5.92 Å². The van der Waals surface area contributed by atoms with Crippen molar-refractivity contribution < 1.29 is 4.79 Å². The first-order valence-electron chi connectivity index (χ1n) is 10.2. The lowest BCUT2D eigenvalue weighted by atomic mass is 10.0. The molecule has 29 heavy (non-hydrogen) atoms. The normalized spacial score (nSPS) is 13.4. The van der Waals surface area contributed by atoms with Crippen LogP contribution in [0.15, 0.2) is 49.3 Å². The fraction of sp³-hybridized carbons (Fsp3) is 0.409. The molecule has 0 aliphatic heterocycles. The number of carbonyl (C=O) groups is 1. The number of aromatic nitrogens is 5. The largest absolute Gasteiger partial charge is 0.356 e. The van der Waals surface area contributed by atoms with Gasteiger partial charge in [-0.15, -0.1) is 0 Å². The highest BCUT2D eigenvalue weighted by atomic mass is 16.1. The van der Waals surface area contributed by atoms with Gasteiger partial charge < -0.3 is 4.90 Å². The Morgan fingerprint density at radius 1 is 1.17 bits per heavy atom. The molecule has 4 rings (SSSR count). The standard InChI is InChI=1S/C22H26N6O/c1-2-8-27(12-17-6-7-17)22-11-20(24-15-25-22)21(29)10-18-4-3-5-19(9-18)13-28-16-23-14-26-28/h3-5,9,11,14-17H,2,6-8,10,12-13H2,1H3. The van der Waals surface area contributed by atoms with Gasteiger partial charge in [0.1, 0.15) is 30.5 Å². The van der Waals surface area contributed by atoms with Crippen molar-refractivity contribution in [2.75, 3.05) is 18.0 Å². The molecule has 3 aromatic rings. The molecule has 150 valence electrons. The Bertz CT molecular complexity index is 951. The first-order chi connectivity index (χ1) is 14.2. The highest BCUT2D eigenvalue weighted by Crippen LogP contribution is 2.31. The van der Waals surface area contributed by atoms with Crippen LogP contribution in [0.2, 0.25) is 0 Å². The van der Waals surface area contributed by atoms with E-state index in [0.29, 0.717) is 18.7 Å². The molecule has 0 N–H and O–H groups in total. The molecule has 1 aliphatic rings. The van der Waals surface area contributed by atoms with E-state index in [-0.39, 0.29) is 5.78 Å². The maximum atomic E-state index is 12.9. The van der Waals surface area contributed by atoms with Gasteiger partial charge in [0.2, 0.25) is 0 Å². The van der Waals surface area contributed by atoms with Gasteiger partial charge >= 0.3 is 0 Å². The molecule has 2 heterocycles. The summed E-state index contributed by atoms with van der Waals surface area (Å²) in [6.45, 7) is 4.76. The zero-order valence-corrected chi connectivity index (χ0v) is 16.7. The third-order valence-electron chi connectivity index (χ3n) is 5.10. The quantitative estimate of drug-likeness (QED) is 0.495. The first kappa shape index (κ1) is 19.2. The second kappa shape index (κ2) is 8.94. The minimum Gasteiger partial charge on any atom is -0.356 e. The number of rotatable bonds is 10. The highest BCUT2D eigenvalue weighted by molar-refractivity contribution is 5.96. The van der Waals surface area contributed by atoms with Gasteiger partial charge in [0, 0.05) is 25.6 Å². The van der Waals surface area contributed by atoms with E-state index in [1.807, 2.05) is 30.3 Å². The molecular formula is C22H26N6O. The van der Waals surface area contributed by atoms with Crippen molar-refractivity contribution in [2.24, 2.45) is 5.92 Å². The molecule has 1 aromatic carbocycles. The van der Waals surface area contributed by atoms with Crippen LogP contribution in [0.25, 0.3) is 0 Å². The van der Waals surface area contributed by atoms with Crippen molar-refractivity contribution in [1.29, 1.82) is 0 Å². The molecule has 7 heteroatoms. The van der Waals surface area contributed by atoms with E-state index in [1.54, 1.807) is 11.0 Å². The molecule has 1 saturated carbocycles. The van der Waals surface area contributed by atoms with Crippen molar-refractivity contribution in [3.8, 4) is 0 Å². The van der Waals surface area contributed by atoms with Crippen LogP contribution >= 0.6 is 0 Å². The molecule has 0 unspecified atom stereocenters. The number of anilines is 1. The summed E-state index contributed by atoms with van der Waals surface area (Å²) in [5.74, 6) is 1.63. The number of nitrogens with zero attached hydrogens (tertiary/aromatic N) is 6. The number of benzene rings is 1. The smallest absolute Gasteiger partial charge is 0.185 e. The molecular weight excluding hydrogens is 364 g/mol. The molecule has 0 bridgehead atoms. The van der Waals surface area contributed by atoms with Crippen LogP contribution in [-0.2, 0) is 13.0 Å². The van der Waals surface area contributed by atoms with E-state index in [9.17, 15) is 4.79 Å². The zero-order valence-electron chi connectivity index (χ0n) is 16.7. The molecule has 0 atom stereocenters. The molecule has 0 saturated heterocycles. The van der Waals surface area contributed by atoms with Gasteiger partial charge in [-0.3, -0.25) is 4.79 Å². The Labute approximate surface area is 170 Å². The third kappa shape index (κ3) is 5.25. The molecule has 0 radical (unpaired) electrons. The molecule has 1 aliphatic carbocycles. The average Bonchev–Trinajstić information content (AvgIpc) is 3.41. The van der Waals surface area contributed by atoms with E-state index in [1.165, 1.54) is 25.5 Å². The highest BCUT2D eigenvalue weighted by Gasteiger charge is 2.25. The summed E-state index contributed by atoms with van der Waals surface area (Å²) in [5.41, 5.74) is 2.53. The Hall–Kier alpha value is -3.09. The Kier molecular flexibility index (Phi) is 5.93. The monoisotopic (exact) mass is 390 g/mol. The topological polar surface area (TPSA) is 76.8 Å². The second-order valence-corrected chi connectivity index (χ2v) is 7.66. The minimum atomic E-state index is 0.00873. The van der Waals surface area contributed by atoms with E-state index in [0.717, 1.165) is 42.4 Å². The third-order valence-corrected chi connectivity index (χ3v) is 5.10. The summed E-state index contributed by atoms with van der Waals surface area (Å²) in [6.07, 6.45) is 8.68. The Balaban J connectivity index is 1.45. The van der Waals surface area contributed by atoms with Gasteiger partial charge in [-0.2, -0.15) is 5.10 Å². The van der Waals surface area contributed by atoms with Crippen LogP contribution in [0.3, 0.4) is 0 Å². The maximum Gasteiger partial charge on any atom is 0.185 e. The van der Waals surface area contributed by atoms with Gasteiger partial charge in [-0.05, 0) is 36.3 Å². The van der Waals surface area contributed by atoms with E-state index < -0.39 is 0 Å². The molecule has 2 aromatic heterocycles. The van der Waals surface area contributed by atoms with Crippen LogP contribution in [0.4, 0.5) is 5.82 Å². The van der Waals surface area contributed by atoms with Crippen LogP contribution < -0.4 is 4.90 Å². The number of ketones is 1. The maximum absolute atomic E-state index is 12.9. The van der Waals surface area contributed by atoms with Crippen LogP contribution in [-0.4, -0.2) is 43.6 Å². The van der Waals surface area contributed by atoms with Crippen molar-refractivity contribution in [3.05, 3.63) is 66.1 Å². The number of hydrogen-bond acceptors (Lipinski definition) is 6. The van der Waals surface area contributed by atoms with Gasteiger partial charge in [0.15, 0.2) is 5.78 Å². The van der Waals surface area contributed by atoms with E-state index in [2.05, 4.69) is 31.9 Å². The van der Waals surface area contributed by atoms with E-state index in [4.69, 9.17) is 0 Å². The predicted octanol–water partition coefficient (Wildman–Crippen LogP) is 3.17. The first-order valence-corrected chi connectivity index (χ1v) is 10.2. The number of Topliss-reactive ketones (excluding diaryl/α,β-unsaturated/α-hetero) is 1. The summed E-state index contributed by atoms with van der Waals surface area (Å²) < 4.78 is 1.76. The summed E-state index contributed by atoms with van der Waals surface area (Å²) in [7, 11) is 0. The summed E-state index contributed by atoms with van der Waals surface area (Å²) in [5, 5.41) is 4.13. The molecule has 1 fully saturated rings. The fourth-order valence-corrected chi connectivity index (χ4v) is 3.47. The Morgan fingerprint density at radius 2 is 2.03 bits per heavy atom. The summed E-state index contributed by atoms with van der Waals surface area (Å²) in [6, 6.07) is 9.86. The lowest BCUT2D eigenvalue weighted by Gasteiger charge is -2.23. The van der Waals surface area contributed by atoms with Crippen LogP contribution in [0.5, 0.6) is 0 Å². The van der Waals surface area contributed by atoms with Crippen molar-refractivity contribution in [2.45, 2.75) is 39.2 Å². The van der Waals surface area contributed by atoms with Crippen molar-refractivity contribution in [1.82, 2.24) is 24.7 Å². The fourth-order valence-electron chi connectivity index (χ4n) is 3.47. The van der Waals surface area contributed by atoms with Gasteiger partial charge in [0.05, 0.1) is 6.54 Å². The SMILES string of the molecule is CCCN(CC1CC1)c1cc(C(=O)Cc2cccc(Cn3cncn3)c2)ncn1. The second-order valence-electron chi connectivity index (χ2n) is 7.66. The van der Waals surface area contributed by atoms with Gasteiger partial charge in [-0.1, -0.05) is 31.2 Å². The number of hydrogen-bond donors (Lipinski definition) is 0. The average molecular weight is 390 g/mol. The molecule has 7 nitrogen and oxygen atoms in total. The molecule has 0 spiro atoms.